The molecule has 0 bridgehead atoms. The van der Waals surface area contributed by atoms with Crippen molar-refractivity contribution in [2.45, 2.75) is 0 Å². The number of nitrogens with zero attached hydrogens (tertiary/aromatic N) is 5. The summed E-state index contributed by atoms with van der Waals surface area (Å²) in [6.07, 6.45) is 10.8. The van der Waals surface area contributed by atoms with Crippen LogP contribution in [0.25, 0.3) is 11.5 Å². The van der Waals surface area contributed by atoms with Gasteiger partial charge < -0.3 is 9.72 Å². The Bertz CT molecular complexity index is 609. The van der Waals surface area contributed by atoms with E-state index in [4.69, 9.17) is 0 Å². The highest BCUT2D eigenvalue weighted by molar-refractivity contribution is 5.57. The second-order valence-electron chi connectivity index (χ2n) is 3.33. The maximum Gasteiger partial charge on any atom is 0.184 e. The van der Waals surface area contributed by atoms with Crippen LogP contribution in [0.3, 0.4) is 0 Å². The van der Waals surface area contributed by atoms with Gasteiger partial charge in [-0.1, -0.05) is 0 Å². The van der Waals surface area contributed by atoms with Crippen LogP contribution < -0.4 is 5.32 Å². The Hall–Kier alpha value is -2.37. The van der Waals surface area contributed by atoms with Crippen LogP contribution in [-0.2, 0) is 0 Å². The van der Waals surface area contributed by atoms with E-state index < -0.39 is 0 Å². The zero-order valence-electron chi connectivity index (χ0n) is 8.70. The Kier molecular flexibility index (Phi) is 1.86. The Morgan fingerprint density at radius 3 is 2.94 bits per heavy atom. The lowest BCUT2D eigenvalue weighted by molar-refractivity contribution is 0.970. The smallest absolute Gasteiger partial charge is 0.184 e. The number of rotatable bonds is 2. The number of hydrogen-bond donors (Lipinski definition) is 1. The van der Waals surface area contributed by atoms with Gasteiger partial charge in [-0.15, -0.1) is 0 Å². The molecule has 6 heteroatoms. The minimum atomic E-state index is 0.759. The van der Waals surface area contributed by atoms with Gasteiger partial charge in [-0.05, 0) is 0 Å². The van der Waals surface area contributed by atoms with Crippen molar-refractivity contribution in [3.63, 3.8) is 0 Å². The van der Waals surface area contributed by atoms with Crippen LogP contribution in [0, 0.1) is 0 Å². The Morgan fingerprint density at radius 2 is 2.19 bits per heavy atom. The van der Waals surface area contributed by atoms with E-state index >= 15 is 0 Å². The van der Waals surface area contributed by atoms with Crippen molar-refractivity contribution in [1.29, 1.82) is 0 Å². The lowest BCUT2D eigenvalue weighted by atomic mass is 10.5. The minimum Gasteiger partial charge on any atom is -0.372 e. The second-order valence-corrected chi connectivity index (χ2v) is 3.33. The minimum absolute atomic E-state index is 0.759. The van der Waals surface area contributed by atoms with Gasteiger partial charge in [0.1, 0.15) is 12.1 Å². The van der Waals surface area contributed by atoms with Gasteiger partial charge in [-0.3, -0.25) is 4.57 Å². The largest absolute Gasteiger partial charge is 0.372 e. The first-order valence-electron chi connectivity index (χ1n) is 4.88. The van der Waals surface area contributed by atoms with Crippen molar-refractivity contribution < 1.29 is 0 Å². The topological polar surface area (TPSA) is 60.0 Å². The summed E-state index contributed by atoms with van der Waals surface area (Å²) in [5.74, 6) is 1.54. The van der Waals surface area contributed by atoms with Gasteiger partial charge in [0.05, 0.1) is 6.20 Å². The number of anilines is 1. The standard InChI is InChI=1S/C10H10N6/c1-11-8-6-15-5-3-13-9(15)10(14-8)16-4-2-12-7-16/h2-7,11H,1H3. The first kappa shape index (κ1) is 8.90. The van der Waals surface area contributed by atoms with Crippen LogP contribution in [0.5, 0.6) is 0 Å². The average Bonchev–Trinajstić information content (AvgIpc) is 2.98. The number of hydrogen-bond acceptors (Lipinski definition) is 4. The summed E-state index contributed by atoms with van der Waals surface area (Å²) in [6.45, 7) is 0. The van der Waals surface area contributed by atoms with E-state index in [1.165, 1.54) is 0 Å². The third kappa shape index (κ3) is 1.23. The van der Waals surface area contributed by atoms with Crippen molar-refractivity contribution in [1.82, 2.24) is 23.9 Å². The maximum absolute atomic E-state index is 4.46. The van der Waals surface area contributed by atoms with Crippen molar-refractivity contribution in [3.05, 3.63) is 37.3 Å². The van der Waals surface area contributed by atoms with Gasteiger partial charge in [0.15, 0.2) is 11.5 Å². The van der Waals surface area contributed by atoms with E-state index in [1.54, 1.807) is 18.7 Å². The van der Waals surface area contributed by atoms with E-state index in [1.807, 2.05) is 34.6 Å². The van der Waals surface area contributed by atoms with Gasteiger partial charge in [0.25, 0.3) is 0 Å². The molecule has 0 spiro atoms. The molecule has 0 atom stereocenters. The van der Waals surface area contributed by atoms with Crippen LogP contribution in [0.15, 0.2) is 37.3 Å². The van der Waals surface area contributed by atoms with E-state index in [0.717, 1.165) is 17.3 Å². The quantitative estimate of drug-likeness (QED) is 0.690. The van der Waals surface area contributed by atoms with Gasteiger partial charge >= 0.3 is 0 Å². The first-order chi connectivity index (χ1) is 7.88. The number of aromatic nitrogens is 5. The van der Waals surface area contributed by atoms with E-state index in [9.17, 15) is 0 Å². The van der Waals surface area contributed by atoms with Crippen LogP contribution in [-0.4, -0.2) is 31.0 Å². The van der Waals surface area contributed by atoms with Crippen molar-refractivity contribution >= 4 is 11.5 Å². The molecule has 16 heavy (non-hydrogen) atoms. The Labute approximate surface area is 91.6 Å². The molecule has 3 heterocycles. The summed E-state index contributed by atoms with van der Waals surface area (Å²) in [5.41, 5.74) is 0.803. The zero-order chi connectivity index (χ0) is 11.0. The molecule has 0 aliphatic rings. The van der Waals surface area contributed by atoms with Gasteiger partial charge in [0.2, 0.25) is 0 Å². The predicted octanol–water partition coefficient (Wildman–Crippen LogP) is 0.957. The number of imidazole rings is 2. The summed E-state index contributed by atoms with van der Waals surface area (Å²) in [7, 11) is 1.84. The molecular weight excluding hydrogens is 204 g/mol. The Morgan fingerprint density at radius 1 is 1.25 bits per heavy atom. The van der Waals surface area contributed by atoms with Gasteiger partial charge in [0, 0.05) is 31.8 Å². The van der Waals surface area contributed by atoms with Gasteiger partial charge in [-0.25, -0.2) is 15.0 Å². The molecule has 0 aromatic carbocycles. The molecule has 0 unspecified atom stereocenters. The fourth-order valence-electron chi connectivity index (χ4n) is 1.59. The summed E-state index contributed by atoms with van der Waals surface area (Å²) >= 11 is 0. The normalized spacial score (nSPS) is 10.8. The molecule has 1 N–H and O–H groups in total. The average molecular weight is 214 g/mol. The maximum atomic E-state index is 4.46. The Balaban J connectivity index is 2.33. The molecule has 3 rings (SSSR count). The van der Waals surface area contributed by atoms with E-state index in [2.05, 4.69) is 20.3 Å². The lowest BCUT2D eigenvalue weighted by Crippen LogP contribution is -2.03. The van der Waals surface area contributed by atoms with E-state index in [-0.39, 0.29) is 0 Å². The molecule has 0 radical (unpaired) electrons. The molecule has 0 aliphatic carbocycles. The number of fused-ring (bicyclic) bond motifs is 1. The van der Waals surface area contributed by atoms with Crippen LogP contribution in [0.4, 0.5) is 5.82 Å². The molecular formula is C10H10N6. The second kappa shape index (κ2) is 3.34. The third-order valence-electron chi connectivity index (χ3n) is 2.36. The molecule has 3 aromatic rings. The molecule has 0 saturated carbocycles. The zero-order valence-corrected chi connectivity index (χ0v) is 8.70. The van der Waals surface area contributed by atoms with Gasteiger partial charge in [-0.2, -0.15) is 0 Å². The molecule has 3 aromatic heterocycles. The fourth-order valence-corrected chi connectivity index (χ4v) is 1.59. The highest BCUT2D eigenvalue weighted by Crippen LogP contribution is 2.14. The summed E-state index contributed by atoms with van der Waals surface area (Å²) in [6, 6.07) is 0. The monoisotopic (exact) mass is 214 g/mol. The fraction of sp³-hybridized carbons (Fsp3) is 0.100. The summed E-state index contributed by atoms with van der Waals surface area (Å²) in [4.78, 5) is 12.7. The molecule has 0 fully saturated rings. The molecule has 0 aliphatic heterocycles. The van der Waals surface area contributed by atoms with Crippen LogP contribution >= 0.6 is 0 Å². The molecule has 6 nitrogen and oxygen atoms in total. The molecule has 0 amide bonds. The van der Waals surface area contributed by atoms with Crippen LogP contribution in [0.2, 0.25) is 0 Å². The van der Waals surface area contributed by atoms with Crippen molar-refractivity contribution in [2.75, 3.05) is 12.4 Å². The lowest BCUT2D eigenvalue weighted by Gasteiger charge is -2.06. The number of nitrogens with one attached hydrogen (secondary N) is 1. The highest BCUT2D eigenvalue weighted by Gasteiger charge is 2.07. The molecule has 0 saturated heterocycles. The first-order valence-corrected chi connectivity index (χ1v) is 4.88. The predicted molar refractivity (Wildman–Crippen MR) is 59.7 cm³/mol. The van der Waals surface area contributed by atoms with Crippen molar-refractivity contribution in [2.24, 2.45) is 0 Å². The molecule has 80 valence electrons. The third-order valence-corrected chi connectivity index (χ3v) is 2.36. The highest BCUT2D eigenvalue weighted by atomic mass is 15.2. The van der Waals surface area contributed by atoms with Crippen molar-refractivity contribution in [3.8, 4) is 5.82 Å². The van der Waals surface area contributed by atoms with E-state index in [0.29, 0.717) is 0 Å². The SMILES string of the molecule is CNc1cn2ccnc2c(-n2ccnc2)n1. The van der Waals surface area contributed by atoms with Crippen LogP contribution in [0.1, 0.15) is 0 Å². The summed E-state index contributed by atoms with van der Waals surface area (Å²) < 4.78 is 3.76. The summed E-state index contributed by atoms with van der Waals surface area (Å²) in [5, 5.41) is 3.02.